The van der Waals surface area contributed by atoms with Crippen molar-refractivity contribution in [2.24, 2.45) is 4.99 Å². The Morgan fingerprint density at radius 3 is 2.55 bits per heavy atom. The molecule has 0 atom stereocenters. The highest BCUT2D eigenvalue weighted by atomic mass is 16.5. The van der Waals surface area contributed by atoms with Gasteiger partial charge in [-0.15, -0.1) is 0 Å². The van der Waals surface area contributed by atoms with Gasteiger partial charge in [0.2, 0.25) is 0 Å². The van der Waals surface area contributed by atoms with Crippen LogP contribution < -0.4 is 20.1 Å². The minimum atomic E-state index is 0.628. The molecular weight excluding hydrogens is 368 g/mol. The number of nitrogens with one attached hydrogen (secondary N) is 2. The lowest BCUT2D eigenvalue weighted by Crippen LogP contribution is -2.39. The van der Waals surface area contributed by atoms with Crippen LogP contribution in [0.4, 0.5) is 0 Å². The van der Waals surface area contributed by atoms with E-state index in [1.165, 1.54) is 5.56 Å². The van der Waals surface area contributed by atoms with Gasteiger partial charge >= 0.3 is 0 Å². The third kappa shape index (κ3) is 8.92. The first-order valence-corrected chi connectivity index (χ1v) is 11.0. The zero-order valence-electron chi connectivity index (χ0n) is 18.3. The van der Waals surface area contributed by atoms with Crippen LogP contribution in [0.1, 0.15) is 32.8 Å². The molecule has 164 valence electrons. The Hall–Kier alpha value is -1.99. The average Bonchev–Trinajstić information content (AvgIpc) is 2.74. The fraction of sp³-hybridized carbons (Fsp3) is 0.682. The number of hydrogen-bond donors (Lipinski definition) is 2. The summed E-state index contributed by atoms with van der Waals surface area (Å²) < 4.78 is 16.7. The van der Waals surface area contributed by atoms with Crippen molar-refractivity contribution in [1.29, 1.82) is 0 Å². The molecule has 1 heterocycles. The molecule has 1 aliphatic heterocycles. The van der Waals surface area contributed by atoms with Crippen LogP contribution in [-0.2, 0) is 11.2 Å². The van der Waals surface area contributed by atoms with Crippen LogP contribution in [0.5, 0.6) is 11.5 Å². The first-order valence-electron chi connectivity index (χ1n) is 11.0. The molecule has 7 heteroatoms. The summed E-state index contributed by atoms with van der Waals surface area (Å²) in [5.74, 6) is 2.50. The molecule has 2 rings (SSSR count). The molecule has 2 N–H and O–H groups in total. The van der Waals surface area contributed by atoms with Gasteiger partial charge < -0.3 is 24.8 Å². The smallest absolute Gasteiger partial charge is 0.191 e. The number of rotatable bonds is 12. The second-order valence-corrected chi connectivity index (χ2v) is 6.89. The average molecular weight is 407 g/mol. The van der Waals surface area contributed by atoms with Crippen molar-refractivity contribution in [2.45, 2.75) is 33.6 Å². The minimum absolute atomic E-state index is 0.628. The molecule has 0 saturated carbocycles. The van der Waals surface area contributed by atoms with Gasteiger partial charge in [-0.05, 0) is 51.3 Å². The lowest BCUT2D eigenvalue weighted by atomic mass is 10.1. The molecule has 0 spiro atoms. The van der Waals surface area contributed by atoms with Crippen LogP contribution >= 0.6 is 0 Å². The van der Waals surface area contributed by atoms with Gasteiger partial charge in [-0.2, -0.15) is 0 Å². The first kappa shape index (κ1) is 23.3. The Balaban J connectivity index is 1.77. The maximum atomic E-state index is 5.72. The summed E-state index contributed by atoms with van der Waals surface area (Å²) in [6, 6.07) is 6.17. The van der Waals surface area contributed by atoms with Gasteiger partial charge in [-0.1, -0.05) is 6.07 Å². The zero-order chi connectivity index (χ0) is 20.7. The molecular formula is C22H38N4O3. The predicted octanol–water partition coefficient (Wildman–Crippen LogP) is 2.30. The summed E-state index contributed by atoms with van der Waals surface area (Å²) in [4.78, 5) is 7.15. The van der Waals surface area contributed by atoms with Crippen LogP contribution in [0.25, 0.3) is 0 Å². The molecule has 29 heavy (non-hydrogen) atoms. The molecule has 0 aliphatic carbocycles. The number of hydrogen-bond acceptors (Lipinski definition) is 5. The second-order valence-electron chi connectivity index (χ2n) is 6.89. The first-order chi connectivity index (χ1) is 14.3. The summed E-state index contributed by atoms with van der Waals surface area (Å²) in [5.41, 5.74) is 1.22. The SMILES string of the molecule is CCNC(=NCCCN1CCOCC1)NCCc1ccc(OCC)c(OCC)c1. The Kier molecular flexibility index (Phi) is 11.3. The Morgan fingerprint density at radius 2 is 1.83 bits per heavy atom. The maximum absolute atomic E-state index is 5.72. The zero-order valence-corrected chi connectivity index (χ0v) is 18.3. The van der Waals surface area contributed by atoms with Crippen molar-refractivity contribution >= 4 is 5.96 Å². The monoisotopic (exact) mass is 406 g/mol. The molecule has 1 aromatic rings. The van der Waals surface area contributed by atoms with Crippen molar-refractivity contribution < 1.29 is 14.2 Å². The summed E-state index contributed by atoms with van der Waals surface area (Å²) >= 11 is 0. The van der Waals surface area contributed by atoms with Crippen molar-refractivity contribution in [2.75, 3.05) is 65.7 Å². The predicted molar refractivity (Wildman–Crippen MR) is 118 cm³/mol. The van der Waals surface area contributed by atoms with E-state index in [0.29, 0.717) is 13.2 Å². The Labute approximate surface area is 175 Å². The number of aliphatic imine (C=N–C) groups is 1. The van der Waals surface area contributed by atoms with Gasteiger partial charge in [0.05, 0.1) is 26.4 Å². The van der Waals surface area contributed by atoms with Crippen LogP contribution in [0.2, 0.25) is 0 Å². The van der Waals surface area contributed by atoms with E-state index in [1.807, 2.05) is 19.9 Å². The van der Waals surface area contributed by atoms with E-state index >= 15 is 0 Å². The topological polar surface area (TPSA) is 67.4 Å². The lowest BCUT2D eigenvalue weighted by Gasteiger charge is -2.26. The quantitative estimate of drug-likeness (QED) is 0.315. The van der Waals surface area contributed by atoms with Crippen LogP contribution in [-0.4, -0.2) is 76.6 Å². The van der Waals surface area contributed by atoms with Crippen LogP contribution in [0.15, 0.2) is 23.2 Å². The summed E-state index contributed by atoms with van der Waals surface area (Å²) in [7, 11) is 0. The molecule has 0 unspecified atom stereocenters. The molecule has 0 aromatic heterocycles. The van der Waals surface area contributed by atoms with Crippen LogP contribution in [0, 0.1) is 0 Å². The number of morpholine rings is 1. The van der Waals surface area contributed by atoms with E-state index in [0.717, 1.165) is 82.8 Å². The third-order valence-electron chi connectivity index (χ3n) is 4.66. The number of ether oxygens (including phenoxy) is 3. The second kappa shape index (κ2) is 14.1. The van der Waals surface area contributed by atoms with Gasteiger partial charge in [0.15, 0.2) is 17.5 Å². The highest BCUT2D eigenvalue weighted by Crippen LogP contribution is 2.28. The number of nitrogens with zero attached hydrogens (tertiary/aromatic N) is 2. The van der Waals surface area contributed by atoms with Crippen molar-refractivity contribution in [3.63, 3.8) is 0 Å². The fourth-order valence-electron chi connectivity index (χ4n) is 3.23. The Bertz CT molecular complexity index is 604. The number of guanidine groups is 1. The molecule has 1 saturated heterocycles. The highest BCUT2D eigenvalue weighted by Gasteiger charge is 2.09. The molecule has 1 aromatic carbocycles. The van der Waals surface area contributed by atoms with Crippen molar-refractivity contribution in [1.82, 2.24) is 15.5 Å². The molecule has 0 bridgehead atoms. The van der Waals surface area contributed by atoms with E-state index in [9.17, 15) is 0 Å². The molecule has 0 amide bonds. The van der Waals surface area contributed by atoms with E-state index in [4.69, 9.17) is 19.2 Å². The maximum Gasteiger partial charge on any atom is 0.191 e. The number of benzene rings is 1. The normalized spacial score (nSPS) is 15.2. The van der Waals surface area contributed by atoms with Gasteiger partial charge in [-0.25, -0.2) is 0 Å². The highest BCUT2D eigenvalue weighted by molar-refractivity contribution is 5.79. The fourth-order valence-corrected chi connectivity index (χ4v) is 3.23. The van der Waals surface area contributed by atoms with Gasteiger partial charge in [-0.3, -0.25) is 9.89 Å². The minimum Gasteiger partial charge on any atom is -0.490 e. The van der Waals surface area contributed by atoms with E-state index in [2.05, 4.69) is 34.6 Å². The summed E-state index contributed by atoms with van der Waals surface area (Å²) in [5, 5.41) is 6.76. The molecule has 1 aliphatic rings. The molecule has 1 fully saturated rings. The van der Waals surface area contributed by atoms with E-state index < -0.39 is 0 Å². The summed E-state index contributed by atoms with van der Waals surface area (Å²) in [6.45, 7) is 14.7. The summed E-state index contributed by atoms with van der Waals surface area (Å²) in [6.07, 6.45) is 1.96. The standard InChI is InChI=1S/C22H38N4O3/c1-4-23-22(24-11-7-13-26-14-16-27-17-15-26)25-12-10-19-8-9-20(28-5-2)21(18-19)29-6-3/h8-9,18H,4-7,10-17H2,1-3H3,(H2,23,24,25). The third-order valence-corrected chi connectivity index (χ3v) is 4.66. The largest absolute Gasteiger partial charge is 0.490 e. The van der Waals surface area contributed by atoms with Gasteiger partial charge in [0.25, 0.3) is 0 Å². The van der Waals surface area contributed by atoms with Gasteiger partial charge in [0.1, 0.15) is 0 Å². The van der Waals surface area contributed by atoms with E-state index in [1.54, 1.807) is 0 Å². The molecule has 0 radical (unpaired) electrons. The van der Waals surface area contributed by atoms with Crippen LogP contribution in [0.3, 0.4) is 0 Å². The van der Waals surface area contributed by atoms with E-state index in [-0.39, 0.29) is 0 Å². The molecule has 7 nitrogen and oxygen atoms in total. The Morgan fingerprint density at radius 1 is 1.07 bits per heavy atom. The van der Waals surface area contributed by atoms with Crippen molar-refractivity contribution in [3.8, 4) is 11.5 Å². The lowest BCUT2D eigenvalue weighted by molar-refractivity contribution is 0.0377. The van der Waals surface area contributed by atoms with Crippen molar-refractivity contribution in [3.05, 3.63) is 23.8 Å². The van der Waals surface area contributed by atoms with Gasteiger partial charge in [0, 0.05) is 39.3 Å².